The van der Waals surface area contributed by atoms with E-state index in [1.54, 1.807) is 0 Å². The van der Waals surface area contributed by atoms with Gasteiger partial charge in [0.05, 0.1) is 11.3 Å². The lowest BCUT2D eigenvalue weighted by molar-refractivity contribution is 0.0697. The number of carboxylic acids is 1. The highest BCUT2D eigenvalue weighted by Crippen LogP contribution is 2.27. The summed E-state index contributed by atoms with van der Waals surface area (Å²) in [4.78, 5) is 10.7. The Balaban J connectivity index is 2.27. The first-order valence-electron chi connectivity index (χ1n) is 6.46. The molecule has 1 aromatic carbocycles. The molecule has 0 heterocycles. The zero-order chi connectivity index (χ0) is 14.9. The van der Waals surface area contributed by atoms with E-state index in [9.17, 15) is 13.2 Å². The number of carbonyl (C=O) groups is 1. The molecular formula is C13H18N2O4S. The average Bonchev–Trinajstić information content (AvgIpc) is 2.73. The smallest absolute Gasteiger partial charge is 0.335 e. The lowest BCUT2D eigenvalue weighted by Crippen LogP contribution is -2.36. The third kappa shape index (κ3) is 2.94. The Bertz CT molecular complexity index is 627. The third-order valence-corrected chi connectivity index (χ3v) is 5.28. The van der Waals surface area contributed by atoms with Crippen LogP contribution in [0.2, 0.25) is 0 Å². The maximum Gasteiger partial charge on any atom is 0.335 e. The predicted molar refractivity (Wildman–Crippen MR) is 74.9 cm³/mol. The van der Waals surface area contributed by atoms with E-state index in [2.05, 4.69) is 4.72 Å². The van der Waals surface area contributed by atoms with Crippen molar-refractivity contribution < 1.29 is 18.3 Å². The van der Waals surface area contributed by atoms with Crippen molar-refractivity contribution in [3.63, 3.8) is 0 Å². The zero-order valence-corrected chi connectivity index (χ0v) is 12.0. The molecule has 0 radical (unpaired) electrons. The quantitative estimate of drug-likeness (QED) is 0.728. The number of sulfonamides is 1. The molecule has 0 saturated heterocycles. The molecule has 0 amide bonds. The molecular weight excluding hydrogens is 280 g/mol. The third-order valence-electron chi connectivity index (χ3n) is 3.71. The summed E-state index contributed by atoms with van der Waals surface area (Å²) in [6.45, 7) is 2.01. The first kappa shape index (κ1) is 14.8. The molecule has 4 N–H and O–H groups in total. The number of nitrogen functional groups attached to an aromatic ring is 1. The summed E-state index contributed by atoms with van der Waals surface area (Å²) in [5.74, 6) is -0.845. The van der Waals surface area contributed by atoms with Gasteiger partial charge in [-0.05, 0) is 37.0 Å². The summed E-state index contributed by atoms with van der Waals surface area (Å²) in [6, 6.07) is 3.56. The van der Waals surface area contributed by atoms with Crippen LogP contribution in [0.5, 0.6) is 0 Å². The van der Waals surface area contributed by atoms with Crippen molar-refractivity contribution in [2.75, 3.05) is 5.73 Å². The summed E-state index contributed by atoms with van der Waals surface area (Å²) in [5.41, 5.74) is 5.59. The monoisotopic (exact) mass is 298 g/mol. The second-order valence-corrected chi connectivity index (χ2v) is 6.88. The van der Waals surface area contributed by atoms with Crippen LogP contribution in [0.25, 0.3) is 0 Å². The van der Waals surface area contributed by atoms with E-state index in [0.717, 1.165) is 25.3 Å². The summed E-state index contributed by atoms with van der Waals surface area (Å²) >= 11 is 0. The van der Waals surface area contributed by atoms with Gasteiger partial charge in [0.15, 0.2) is 0 Å². The highest BCUT2D eigenvalue weighted by atomic mass is 32.2. The molecule has 7 heteroatoms. The number of hydrogen-bond donors (Lipinski definition) is 3. The van der Waals surface area contributed by atoms with Crippen LogP contribution in [-0.4, -0.2) is 25.5 Å². The van der Waals surface area contributed by atoms with Crippen LogP contribution in [0.4, 0.5) is 5.69 Å². The molecule has 110 valence electrons. The molecule has 0 spiro atoms. The van der Waals surface area contributed by atoms with Gasteiger partial charge in [0.2, 0.25) is 10.0 Å². The summed E-state index contributed by atoms with van der Waals surface area (Å²) < 4.78 is 27.2. The van der Waals surface area contributed by atoms with Gasteiger partial charge >= 0.3 is 5.97 Å². The van der Waals surface area contributed by atoms with E-state index in [4.69, 9.17) is 10.8 Å². The first-order chi connectivity index (χ1) is 9.31. The highest BCUT2D eigenvalue weighted by molar-refractivity contribution is 7.89. The lowest BCUT2D eigenvalue weighted by Gasteiger charge is -2.18. The van der Waals surface area contributed by atoms with Gasteiger partial charge in [-0.3, -0.25) is 0 Å². The van der Waals surface area contributed by atoms with Crippen molar-refractivity contribution >= 4 is 21.7 Å². The number of carboxylic acid groups (broad SMARTS) is 1. The van der Waals surface area contributed by atoms with Crippen LogP contribution in [0.1, 0.15) is 36.5 Å². The fraction of sp³-hybridized carbons (Fsp3) is 0.462. The predicted octanol–water partition coefficient (Wildman–Crippen LogP) is 1.43. The van der Waals surface area contributed by atoms with Gasteiger partial charge in [-0.25, -0.2) is 17.9 Å². The molecule has 1 aromatic rings. The van der Waals surface area contributed by atoms with Gasteiger partial charge in [0, 0.05) is 6.04 Å². The summed E-state index contributed by atoms with van der Waals surface area (Å²) in [5, 5.41) is 8.85. The van der Waals surface area contributed by atoms with Crippen LogP contribution in [-0.2, 0) is 10.0 Å². The van der Waals surface area contributed by atoms with Crippen LogP contribution in [0, 0.1) is 5.92 Å². The Morgan fingerprint density at radius 3 is 2.60 bits per heavy atom. The maximum absolute atomic E-state index is 12.3. The SMILES string of the molecule is CC1CCCC1NS(=O)(=O)c1ccc(C(=O)O)cc1N. The molecule has 0 aromatic heterocycles. The number of nitrogens with one attached hydrogen (secondary N) is 1. The van der Waals surface area contributed by atoms with Crippen molar-refractivity contribution in [3.05, 3.63) is 23.8 Å². The fourth-order valence-electron chi connectivity index (χ4n) is 2.51. The van der Waals surface area contributed by atoms with E-state index in [0.29, 0.717) is 5.92 Å². The zero-order valence-electron chi connectivity index (χ0n) is 11.2. The second-order valence-electron chi connectivity index (χ2n) is 5.19. The van der Waals surface area contributed by atoms with Crippen LogP contribution < -0.4 is 10.5 Å². The molecule has 0 aliphatic heterocycles. The maximum atomic E-state index is 12.3. The number of nitrogens with two attached hydrogens (primary N) is 1. The van der Waals surface area contributed by atoms with E-state index in [-0.39, 0.29) is 22.2 Å². The number of rotatable bonds is 4. The van der Waals surface area contributed by atoms with Gasteiger partial charge in [0.1, 0.15) is 4.90 Å². The van der Waals surface area contributed by atoms with Crippen molar-refractivity contribution in [3.8, 4) is 0 Å². The van der Waals surface area contributed by atoms with Crippen molar-refractivity contribution in [1.82, 2.24) is 4.72 Å². The second kappa shape index (κ2) is 5.41. The molecule has 1 aliphatic carbocycles. The van der Waals surface area contributed by atoms with Gasteiger partial charge in [-0.15, -0.1) is 0 Å². The molecule has 1 fully saturated rings. The highest BCUT2D eigenvalue weighted by Gasteiger charge is 2.29. The molecule has 2 unspecified atom stereocenters. The Labute approximate surface area is 118 Å². The van der Waals surface area contributed by atoms with Gasteiger partial charge in [-0.2, -0.15) is 0 Å². The lowest BCUT2D eigenvalue weighted by atomic mass is 10.1. The molecule has 1 aliphatic rings. The summed E-state index contributed by atoms with van der Waals surface area (Å²) in [6.07, 6.45) is 2.82. The Morgan fingerprint density at radius 1 is 1.40 bits per heavy atom. The number of aromatic carboxylic acids is 1. The van der Waals surface area contributed by atoms with Crippen LogP contribution in [0.3, 0.4) is 0 Å². The Kier molecular flexibility index (Phi) is 4.01. The normalized spacial score (nSPS) is 22.9. The number of anilines is 1. The van der Waals surface area contributed by atoms with E-state index in [1.807, 2.05) is 6.92 Å². The van der Waals surface area contributed by atoms with Gasteiger partial charge < -0.3 is 10.8 Å². The van der Waals surface area contributed by atoms with Crippen molar-refractivity contribution in [2.45, 2.75) is 37.1 Å². The average molecular weight is 298 g/mol. The van der Waals surface area contributed by atoms with Crippen LogP contribution in [0.15, 0.2) is 23.1 Å². The molecule has 20 heavy (non-hydrogen) atoms. The Hall–Kier alpha value is -1.60. The standard InChI is InChI=1S/C13H18N2O4S/c1-8-3-2-4-11(8)15-20(18,19)12-6-5-9(13(16)17)7-10(12)14/h5-8,11,15H,2-4,14H2,1H3,(H,16,17). The van der Waals surface area contributed by atoms with Crippen molar-refractivity contribution in [1.29, 1.82) is 0 Å². The molecule has 6 nitrogen and oxygen atoms in total. The van der Waals surface area contributed by atoms with Gasteiger partial charge in [-0.1, -0.05) is 13.3 Å². The number of hydrogen-bond acceptors (Lipinski definition) is 4. The number of benzene rings is 1. The molecule has 0 bridgehead atoms. The Morgan fingerprint density at radius 2 is 2.10 bits per heavy atom. The van der Waals surface area contributed by atoms with Crippen LogP contribution >= 0.6 is 0 Å². The molecule has 2 rings (SSSR count). The minimum absolute atomic E-state index is 0.0318. The minimum Gasteiger partial charge on any atom is -0.478 e. The van der Waals surface area contributed by atoms with Crippen molar-refractivity contribution in [2.24, 2.45) is 5.92 Å². The minimum atomic E-state index is -3.72. The topological polar surface area (TPSA) is 109 Å². The first-order valence-corrected chi connectivity index (χ1v) is 7.95. The van der Waals surface area contributed by atoms with Gasteiger partial charge in [0.25, 0.3) is 0 Å². The fourth-order valence-corrected chi connectivity index (χ4v) is 4.00. The largest absolute Gasteiger partial charge is 0.478 e. The van der Waals surface area contributed by atoms with E-state index >= 15 is 0 Å². The van der Waals surface area contributed by atoms with E-state index in [1.165, 1.54) is 12.1 Å². The molecule has 1 saturated carbocycles. The molecule has 2 atom stereocenters. The summed E-state index contributed by atoms with van der Waals surface area (Å²) in [7, 11) is -3.72. The van der Waals surface area contributed by atoms with E-state index < -0.39 is 16.0 Å².